The molecule has 0 aliphatic heterocycles. The molecule has 0 radical (unpaired) electrons. The van der Waals surface area contributed by atoms with Crippen LogP contribution < -0.4 is 4.74 Å². The average Bonchev–Trinajstić information content (AvgIpc) is 3.03. The van der Waals surface area contributed by atoms with Crippen LogP contribution in [-0.4, -0.2) is 20.9 Å². The standard InChI is InChI=1S/C18H15BrN2O3/c19-15-6-7-17(24-12-13-4-2-1-3-5-13)14(10-15)11-21-16(18(22)23)8-9-20-21/h1-10H,11-12H2,(H,22,23). The van der Waals surface area contributed by atoms with E-state index in [0.717, 1.165) is 15.6 Å². The SMILES string of the molecule is O=C(O)c1ccnn1Cc1cc(Br)ccc1OCc1ccccc1. The molecule has 1 aromatic heterocycles. The van der Waals surface area contributed by atoms with E-state index in [0.29, 0.717) is 18.9 Å². The van der Waals surface area contributed by atoms with Gasteiger partial charge in [-0.2, -0.15) is 5.10 Å². The summed E-state index contributed by atoms with van der Waals surface area (Å²) in [5, 5.41) is 13.3. The normalized spacial score (nSPS) is 10.5. The monoisotopic (exact) mass is 386 g/mol. The first-order valence-corrected chi connectivity index (χ1v) is 8.13. The maximum absolute atomic E-state index is 11.2. The Morgan fingerprint density at radius 2 is 1.96 bits per heavy atom. The molecule has 6 heteroatoms. The van der Waals surface area contributed by atoms with Crippen molar-refractivity contribution in [3.05, 3.63) is 82.1 Å². The van der Waals surface area contributed by atoms with Crippen molar-refractivity contribution in [2.45, 2.75) is 13.2 Å². The molecule has 1 heterocycles. The molecule has 1 N–H and O–H groups in total. The highest BCUT2D eigenvalue weighted by Crippen LogP contribution is 2.25. The lowest BCUT2D eigenvalue weighted by atomic mass is 10.2. The van der Waals surface area contributed by atoms with Gasteiger partial charge in [0, 0.05) is 16.2 Å². The summed E-state index contributed by atoms with van der Waals surface area (Å²) >= 11 is 3.44. The molecule has 3 aromatic rings. The number of rotatable bonds is 6. The lowest BCUT2D eigenvalue weighted by Crippen LogP contribution is -2.12. The van der Waals surface area contributed by atoms with Crippen LogP contribution in [0.1, 0.15) is 21.6 Å². The summed E-state index contributed by atoms with van der Waals surface area (Å²) in [6, 6.07) is 17.0. The van der Waals surface area contributed by atoms with Gasteiger partial charge in [-0.15, -0.1) is 0 Å². The Hall–Kier alpha value is -2.60. The largest absolute Gasteiger partial charge is 0.489 e. The van der Waals surface area contributed by atoms with Crippen LogP contribution in [0.2, 0.25) is 0 Å². The van der Waals surface area contributed by atoms with Crippen LogP contribution in [0.3, 0.4) is 0 Å². The average molecular weight is 387 g/mol. The van der Waals surface area contributed by atoms with Crippen molar-refractivity contribution in [3.63, 3.8) is 0 Å². The van der Waals surface area contributed by atoms with Crippen LogP contribution >= 0.6 is 15.9 Å². The minimum Gasteiger partial charge on any atom is -0.489 e. The van der Waals surface area contributed by atoms with Crippen molar-refractivity contribution >= 4 is 21.9 Å². The molecule has 0 spiro atoms. The van der Waals surface area contributed by atoms with E-state index in [2.05, 4.69) is 21.0 Å². The predicted molar refractivity (Wildman–Crippen MR) is 93.2 cm³/mol. The third kappa shape index (κ3) is 3.83. The number of aromatic nitrogens is 2. The molecule has 0 fully saturated rings. The third-order valence-corrected chi connectivity index (χ3v) is 4.01. The summed E-state index contributed by atoms with van der Waals surface area (Å²) in [7, 11) is 0. The summed E-state index contributed by atoms with van der Waals surface area (Å²) in [6.45, 7) is 0.762. The summed E-state index contributed by atoms with van der Waals surface area (Å²) < 4.78 is 8.26. The van der Waals surface area contributed by atoms with Crippen molar-refractivity contribution < 1.29 is 14.6 Å². The second-order valence-electron chi connectivity index (χ2n) is 5.21. The van der Waals surface area contributed by atoms with Gasteiger partial charge in [0.05, 0.1) is 6.54 Å². The molecule has 122 valence electrons. The summed E-state index contributed by atoms with van der Waals surface area (Å²) in [6.07, 6.45) is 1.48. The second-order valence-corrected chi connectivity index (χ2v) is 6.12. The number of carboxylic acids is 1. The van der Waals surface area contributed by atoms with E-state index in [1.807, 2.05) is 48.5 Å². The van der Waals surface area contributed by atoms with Crippen molar-refractivity contribution in [2.75, 3.05) is 0 Å². The van der Waals surface area contributed by atoms with Gasteiger partial charge in [0.15, 0.2) is 0 Å². The lowest BCUT2D eigenvalue weighted by Gasteiger charge is -2.13. The maximum Gasteiger partial charge on any atom is 0.354 e. The molecule has 2 aromatic carbocycles. The number of aromatic carboxylic acids is 1. The van der Waals surface area contributed by atoms with Crippen LogP contribution in [0.15, 0.2) is 65.3 Å². The Morgan fingerprint density at radius 3 is 2.71 bits per heavy atom. The lowest BCUT2D eigenvalue weighted by molar-refractivity contribution is 0.0684. The van der Waals surface area contributed by atoms with Gasteiger partial charge in [-0.05, 0) is 29.8 Å². The first-order valence-electron chi connectivity index (χ1n) is 7.34. The molecule has 0 aliphatic carbocycles. The van der Waals surface area contributed by atoms with Gasteiger partial charge in [0.2, 0.25) is 0 Å². The molecule has 0 atom stereocenters. The van der Waals surface area contributed by atoms with Crippen molar-refractivity contribution in [1.29, 1.82) is 0 Å². The molecule has 0 unspecified atom stereocenters. The fourth-order valence-electron chi connectivity index (χ4n) is 2.35. The molecule has 0 saturated carbocycles. The number of ether oxygens (including phenoxy) is 1. The minimum atomic E-state index is -1.01. The molecule has 0 amide bonds. The van der Waals surface area contributed by atoms with E-state index in [1.165, 1.54) is 16.9 Å². The van der Waals surface area contributed by atoms with Crippen molar-refractivity contribution in [3.8, 4) is 5.75 Å². The van der Waals surface area contributed by atoms with Gasteiger partial charge in [0.1, 0.15) is 18.1 Å². The number of hydrogen-bond donors (Lipinski definition) is 1. The van der Waals surface area contributed by atoms with Gasteiger partial charge < -0.3 is 9.84 Å². The fraction of sp³-hybridized carbons (Fsp3) is 0.111. The van der Waals surface area contributed by atoms with Crippen molar-refractivity contribution in [1.82, 2.24) is 9.78 Å². The smallest absolute Gasteiger partial charge is 0.354 e. The number of halogens is 1. The van der Waals surface area contributed by atoms with Crippen LogP contribution in [0, 0.1) is 0 Å². The Balaban J connectivity index is 1.83. The summed E-state index contributed by atoms with van der Waals surface area (Å²) in [5.74, 6) is -0.303. The zero-order valence-electron chi connectivity index (χ0n) is 12.7. The van der Waals surface area contributed by atoms with E-state index >= 15 is 0 Å². The first kappa shape index (κ1) is 16.3. The van der Waals surface area contributed by atoms with Crippen LogP contribution in [0.4, 0.5) is 0 Å². The van der Waals surface area contributed by atoms with Crippen LogP contribution in [-0.2, 0) is 13.2 Å². The highest BCUT2D eigenvalue weighted by Gasteiger charge is 2.13. The molecule has 24 heavy (non-hydrogen) atoms. The zero-order valence-corrected chi connectivity index (χ0v) is 14.3. The molecule has 3 rings (SSSR count). The van der Waals surface area contributed by atoms with Gasteiger partial charge in [-0.3, -0.25) is 4.68 Å². The second kappa shape index (κ2) is 7.31. The molecule has 0 aliphatic rings. The Kier molecular flexibility index (Phi) is 4.96. The van der Waals surface area contributed by atoms with E-state index in [-0.39, 0.29) is 5.69 Å². The van der Waals surface area contributed by atoms with Gasteiger partial charge in [-0.1, -0.05) is 46.3 Å². The molecule has 0 bridgehead atoms. The molecule has 5 nitrogen and oxygen atoms in total. The quantitative estimate of drug-likeness (QED) is 0.695. The van der Waals surface area contributed by atoms with E-state index in [9.17, 15) is 9.90 Å². The Morgan fingerprint density at radius 1 is 1.17 bits per heavy atom. The first-order chi connectivity index (χ1) is 11.6. The number of hydrogen-bond acceptors (Lipinski definition) is 3. The molecular formula is C18H15BrN2O3. The van der Waals surface area contributed by atoms with Crippen LogP contribution in [0.25, 0.3) is 0 Å². The number of benzene rings is 2. The Labute approximate surface area is 147 Å². The fourth-order valence-corrected chi connectivity index (χ4v) is 2.76. The van der Waals surface area contributed by atoms with E-state index in [4.69, 9.17) is 4.74 Å². The number of nitrogens with zero attached hydrogens (tertiary/aromatic N) is 2. The maximum atomic E-state index is 11.2. The Bertz CT molecular complexity index is 846. The predicted octanol–water partition coefficient (Wildman–Crippen LogP) is 3.97. The topological polar surface area (TPSA) is 64.3 Å². The molecular weight excluding hydrogens is 372 g/mol. The highest BCUT2D eigenvalue weighted by molar-refractivity contribution is 9.10. The summed E-state index contributed by atoms with van der Waals surface area (Å²) in [4.78, 5) is 11.2. The third-order valence-electron chi connectivity index (χ3n) is 3.52. The van der Waals surface area contributed by atoms with Gasteiger partial charge in [-0.25, -0.2) is 4.79 Å². The van der Waals surface area contributed by atoms with E-state index in [1.54, 1.807) is 0 Å². The summed E-state index contributed by atoms with van der Waals surface area (Å²) in [5.41, 5.74) is 2.06. The highest BCUT2D eigenvalue weighted by atomic mass is 79.9. The van der Waals surface area contributed by atoms with Crippen LogP contribution in [0.5, 0.6) is 5.75 Å². The minimum absolute atomic E-state index is 0.143. The number of carbonyl (C=O) groups is 1. The van der Waals surface area contributed by atoms with Crippen molar-refractivity contribution in [2.24, 2.45) is 0 Å². The van der Waals surface area contributed by atoms with E-state index < -0.39 is 5.97 Å². The zero-order chi connectivity index (χ0) is 16.9. The number of carboxylic acid groups (broad SMARTS) is 1. The van der Waals surface area contributed by atoms with Gasteiger partial charge >= 0.3 is 5.97 Å². The molecule has 0 saturated heterocycles. The van der Waals surface area contributed by atoms with Gasteiger partial charge in [0.25, 0.3) is 0 Å².